The van der Waals surface area contributed by atoms with Crippen molar-refractivity contribution in [3.63, 3.8) is 0 Å². The lowest BCUT2D eigenvalue weighted by Gasteiger charge is -2.19. The number of ether oxygens (including phenoxy) is 1. The second-order valence-electron chi connectivity index (χ2n) is 7.64. The Morgan fingerprint density at radius 2 is 1.92 bits per heavy atom. The van der Waals surface area contributed by atoms with E-state index < -0.39 is 11.7 Å². The maximum Gasteiger partial charge on any atom is 0.407 e. The summed E-state index contributed by atoms with van der Waals surface area (Å²) in [4.78, 5) is 20.6. The molecule has 0 saturated heterocycles. The minimum atomic E-state index is -0.494. The summed E-state index contributed by atoms with van der Waals surface area (Å²) in [6.45, 7) is 6.90. The van der Waals surface area contributed by atoms with Crippen molar-refractivity contribution >= 4 is 12.0 Å². The number of nitrogens with zero attached hydrogens (tertiary/aromatic N) is 2. The van der Waals surface area contributed by atoms with E-state index in [9.17, 15) is 4.79 Å². The molecule has 2 aromatic rings. The number of hydrogen-bond donors (Lipinski definition) is 2. The predicted octanol–water partition coefficient (Wildman–Crippen LogP) is 3.99. The normalized spacial score (nSPS) is 14.0. The highest BCUT2D eigenvalue weighted by Gasteiger charge is 2.21. The van der Waals surface area contributed by atoms with Crippen LogP contribution >= 0.6 is 0 Å². The standard InChI is InChI=1S/C20H26N4O2/c1-20(2,3)26-19(25)23-13-15-6-8-16(9-7-15)17-10-11-21-18(24-17)22-12-14-4-5-14/h6-11,14H,4-5,12-13H2,1-3H3,(H,23,25)(H,21,22,24). The molecule has 1 aliphatic carbocycles. The van der Waals surface area contributed by atoms with Gasteiger partial charge >= 0.3 is 6.09 Å². The lowest BCUT2D eigenvalue weighted by molar-refractivity contribution is 0.0523. The minimum absolute atomic E-state index is 0.413. The van der Waals surface area contributed by atoms with Crippen molar-refractivity contribution in [3.8, 4) is 11.3 Å². The molecule has 2 N–H and O–H groups in total. The largest absolute Gasteiger partial charge is 0.444 e. The van der Waals surface area contributed by atoms with Crippen LogP contribution in [0, 0.1) is 5.92 Å². The Balaban J connectivity index is 1.57. The smallest absolute Gasteiger partial charge is 0.407 e. The van der Waals surface area contributed by atoms with E-state index in [4.69, 9.17) is 4.74 Å². The summed E-state index contributed by atoms with van der Waals surface area (Å²) in [6, 6.07) is 9.85. The molecule has 1 fully saturated rings. The van der Waals surface area contributed by atoms with Crippen molar-refractivity contribution in [2.45, 2.75) is 45.8 Å². The van der Waals surface area contributed by atoms with Crippen molar-refractivity contribution < 1.29 is 9.53 Å². The fraction of sp³-hybridized carbons (Fsp3) is 0.450. The Morgan fingerprint density at radius 3 is 2.58 bits per heavy atom. The van der Waals surface area contributed by atoms with E-state index in [1.165, 1.54) is 12.8 Å². The third kappa shape index (κ3) is 5.72. The molecule has 138 valence electrons. The van der Waals surface area contributed by atoms with Gasteiger partial charge in [0.1, 0.15) is 5.60 Å². The summed E-state index contributed by atoms with van der Waals surface area (Å²) in [5, 5.41) is 6.06. The van der Waals surface area contributed by atoms with Crippen LogP contribution in [0.15, 0.2) is 36.5 Å². The Bertz CT molecular complexity index is 749. The zero-order chi connectivity index (χ0) is 18.6. The first-order valence-corrected chi connectivity index (χ1v) is 9.02. The van der Waals surface area contributed by atoms with Crippen LogP contribution < -0.4 is 10.6 Å². The first-order valence-electron chi connectivity index (χ1n) is 9.02. The van der Waals surface area contributed by atoms with Crippen molar-refractivity contribution in [1.82, 2.24) is 15.3 Å². The number of nitrogens with one attached hydrogen (secondary N) is 2. The van der Waals surface area contributed by atoms with E-state index in [1.54, 1.807) is 6.20 Å². The average Bonchev–Trinajstić information content (AvgIpc) is 3.42. The number of benzene rings is 1. The number of anilines is 1. The maximum atomic E-state index is 11.7. The molecule has 0 radical (unpaired) electrons. The predicted molar refractivity (Wildman–Crippen MR) is 102 cm³/mol. The van der Waals surface area contributed by atoms with Gasteiger partial charge in [-0.25, -0.2) is 14.8 Å². The molecule has 0 unspecified atom stereocenters. The summed E-state index contributed by atoms with van der Waals surface area (Å²) in [5.74, 6) is 1.45. The molecule has 0 bridgehead atoms. The van der Waals surface area contributed by atoms with E-state index in [2.05, 4.69) is 20.6 Å². The molecular formula is C20H26N4O2. The molecular weight excluding hydrogens is 328 g/mol. The van der Waals surface area contributed by atoms with Gasteiger partial charge in [0.2, 0.25) is 5.95 Å². The van der Waals surface area contributed by atoms with Gasteiger partial charge in [-0.05, 0) is 51.2 Å². The third-order valence-electron chi connectivity index (χ3n) is 3.99. The summed E-state index contributed by atoms with van der Waals surface area (Å²) in [7, 11) is 0. The van der Waals surface area contributed by atoms with Gasteiger partial charge in [-0.2, -0.15) is 0 Å². The second kappa shape index (κ2) is 7.72. The van der Waals surface area contributed by atoms with Crippen LogP contribution in [-0.4, -0.2) is 28.2 Å². The molecule has 1 amide bonds. The van der Waals surface area contributed by atoms with E-state index in [-0.39, 0.29) is 0 Å². The Labute approximate surface area is 154 Å². The monoisotopic (exact) mass is 354 g/mol. The molecule has 0 spiro atoms. The molecule has 1 aliphatic rings. The molecule has 3 rings (SSSR count). The first kappa shape index (κ1) is 18.2. The van der Waals surface area contributed by atoms with Gasteiger partial charge in [0, 0.05) is 24.8 Å². The van der Waals surface area contributed by atoms with Gasteiger partial charge < -0.3 is 15.4 Å². The highest BCUT2D eigenvalue weighted by molar-refractivity contribution is 5.67. The van der Waals surface area contributed by atoms with Crippen LogP contribution in [0.2, 0.25) is 0 Å². The molecule has 1 aromatic carbocycles. The molecule has 6 nitrogen and oxygen atoms in total. The number of carbonyl (C=O) groups excluding carboxylic acids is 1. The van der Waals surface area contributed by atoms with Crippen molar-refractivity contribution in [2.24, 2.45) is 5.92 Å². The fourth-order valence-corrected chi connectivity index (χ4v) is 2.44. The Morgan fingerprint density at radius 1 is 1.19 bits per heavy atom. The number of carbonyl (C=O) groups is 1. The Hall–Kier alpha value is -2.63. The van der Waals surface area contributed by atoms with Crippen molar-refractivity contribution in [3.05, 3.63) is 42.1 Å². The average molecular weight is 354 g/mol. The molecule has 1 heterocycles. The SMILES string of the molecule is CC(C)(C)OC(=O)NCc1ccc(-c2ccnc(NCC3CC3)n2)cc1. The van der Waals surface area contributed by atoms with Gasteiger partial charge in [-0.15, -0.1) is 0 Å². The van der Waals surface area contributed by atoms with Gasteiger partial charge in [0.05, 0.1) is 5.69 Å². The molecule has 1 saturated carbocycles. The van der Waals surface area contributed by atoms with Crippen LogP contribution in [0.5, 0.6) is 0 Å². The van der Waals surface area contributed by atoms with Gasteiger partial charge in [-0.1, -0.05) is 24.3 Å². The number of aromatic nitrogens is 2. The highest BCUT2D eigenvalue weighted by Crippen LogP contribution is 2.28. The van der Waals surface area contributed by atoms with Crippen LogP contribution in [0.1, 0.15) is 39.2 Å². The number of alkyl carbamates (subject to hydrolysis) is 1. The van der Waals surface area contributed by atoms with Gasteiger partial charge in [0.15, 0.2) is 0 Å². The number of rotatable bonds is 6. The minimum Gasteiger partial charge on any atom is -0.444 e. The van der Waals surface area contributed by atoms with Crippen molar-refractivity contribution in [2.75, 3.05) is 11.9 Å². The maximum absolute atomic E-state index is 11.7. The summed E-state index contributed by atoms with van der Waals surface area (Å²) >= 11 is 0. The van der Waals surface area contributed by atoms with E-state index >= 15 is 0 Å². The molecule has 0 atom stereocenters. The topological polar surface area (TPSA) is 76.1 Å². The second-order valence-corrected chi connectivity index (χ2v) is 7.64. The van der Waals surface area contributed by atoms with E-state index in [0.717, 1.165) is 29.3 Å². The molecule has 26 heavy (non-hydrogen) atoms. The van der Waals surface area contributed by atoms with Crippen LogP contribution in [-0.2, 0) is 11.3 Å². The van der Waals surface area contributed by atoms with Gasteiger partial charge in [0.25, 0.3) is 0 Å². The van der Waals surface area contributed by atoms with Crippen LogP contribution in [0.4, 0.5) is 10.7 Å². The van der Waals surface area contributed by atoms with Crippen LogP contribution in [0.25, 0.3) is 11.3 Å². The highest BCUT2D eigenvalue weighted by atomic mass is 16.6. The zero-order valence-electron chi connectivity index (χ0n) is 15.6. The summed E-state index contributed by atoms with van der Waals surface area (Å²) < 4.78 is 5.24. The summed E-state index contributed by atoms with van der Waals surface area (Å²) in [5.41, 5.74) is 2.40. The lowest BCUT2D eigenvalue weighted by Crippen LogP contribution is -2.32. The molecule has 0 aliphatic heterocycles. The Kier molecular flexibility index (Phi) is 5.40. The fourth-order valence-electron chi connectivity index (χ4n) is 2.44. The lowest BCUT2D eigenvalue weighted by atomic mass is 10.1. The summed E-state index contributed by atoms with van der Waals surface area (Å²) in [6.07, 6.45) is 3.95. The van der Waals surface area contributed by atoms with Crippen LogP contribution in [0.3, 0.4) is 0 Å². The van der Waals surface area contributed by atoms with Gasteiger partial charge in [-0.3, -0.25) is 0 Å². The first-order chi connectivity index (χ1) is 12.4. The molecule has 1 aromatic heterocycles. The number of amides is 1. The molecule has 6 heteroatoms. The van der Waals surface area contributed by atoms with Crippen molar-refractivity contribution in [1.29, 1.82) is 0 Å². The van der Waals surface area contributed by atoms with E-state index in [1.807, 2.05) is 51.1 Å². The zero-order valence-corrected chi connectivity index (χ0v) is 15.6. The quantitative estimate of drug-likeness (QED) is 0.820. The third-order valence-corrected chi connectivity index (χ3v) is 3.99. The van der Waals surface area contributed by atoms with E-state index in [0.29, 0.717) is 12.5 Å². The number of hydrogen-bond acceptors (Lipinski definition) is 5.